The van der Waals surface area contributed by atoms with Gasteiger partial charge in [-0.3, -0.25) is 14.5 Å². The lowest BCUT2D eigenvalue weighted by Gasteiger charge is -2.29. The van der Waals surface area contributed by atoms with Gasteiger partial charge in [0, 0.05) is 31.7 Å². The third-order valence-electron chi connectivity index (χ3n) is 7.36. The average molecular weight is 543 g/mol. The predicted octanol–water partition coefficient (Wildman–Crippen LogP) is 4.94. The first kappa shape index (κ1) is 27.4. The third kappa shape index (κ3) is 5.88. The molecule has 0 bridgehead atoms. The molecule has 0 saturated carbocycles. The second kappa shape index (κ2) is 12.4. The molecule has 1 unspecified atom stereocenters. The van der Waals surface area contributed by atoms with Crippen molar-refractivity contribution >= 4 is 17.4 Å². The maximum absolute atomic E-state index is 13.5. The number of carbonyl (C=O) groups excluding carboxylic acids is 2. The minimum atomic E-state index is -0.759. The van der Waals surface area contributed by atoms with Crippen LogP contribution < -0.4 is 9.47 Å². The molecule has 1 N–H and O–H groups in total. The van der Waals surface area contributed by atoms with Crippen molar-refractivity contribution in [2.45, 2.75) is 19.4 Å². The first-order valence-electron chi connectivity index (χ1n) is 13.5. The number of aliphatic hydroxyl groups is 1. The van der Waals surface area contributed by atoms with E-state index in [4.69, 9.17) is 14.2 Å². The Kier molecular flexibility index (Phi) is 8.48. The number of nitrogens with zero attached hydrogens (tertiary/aromatic N) is 2. The quantitative estimate of drug-likeness (QED) is 0.233. The summed E-state index contributed by atoms with van der Waals surface area (Å²) in [5, 5.41) is 11.5. The van der Waals surface area contributed by atoms with Crippen LogP contribution in [0, 0.1) is 6.92 Å². The van der Waals surface area contributed by atoms with Crippen LogP contribution in [0.3, 0.4) is 0 Å². The second-order valence-electron chi connectivity index (χ2n) is 9.97. The number of ketones is 1. The van der Waals surface area contributed by atoms with E-state index in [1.807, 2.05) is 61.5 Å². The maximum Gasteiger partial charge on any atom is 0.295 e. The van der Waals surface area contributed by atoms with Crippen LogP contribution in [0.1, 0.15) is 29.2 Å². The zero-order chi connectivity index (χ0) is 28.1. The summed E-state index contributed by atoms with van der Waals surface area (Å²) in [6, 6.07) is 21.2. The van der Waals surface area contributed by atoms with Gasteiger partial charge in [-0.15, -0.1) is 0 Å². The zero-order valence-corrected chi connectivity index (χ0v) is 22.8. The Hall–Kier alpha value is -4.14. The summed E-state index contributed by atoms with van der Waals surface area (Å²) in [6.45, 7) is 6.07. The molecule has 3 aromatic rings. The second-order valence-corrected chi connectivity index (χ2v) is 9.97. The lowest BCUT2D eigenvalue weighted by Crippen LogP contribution is -2.38. The van der Waals surface area contributed by atoms with E-state index in [0.29, 0.717) is 54.6 Å². The van der Waals surface area contributed by atoms with E-state index >= 15 is 0 Å². The summed E-state index contributed by atoms with van der Waals surface area (Å²) in [4.78, 5) is 30.8. The van der Waals surface area contributed by atoms with Gasteiger partial charge in [0.25, 0.3) is 11.7 Å². The lowest BCUT2D eigenvalue weighted by atomic mass is 9.93. The molecule has 2 saturated heterocycles. The van der Waals surface area contributed by atoms with E-state index in [1.54, 1.807) is 30.2 Å². The monoisotopic (exact) mass is 542 g/mol. The van der Waals surface area contributed by atoms with Crippen molar-refractivity contribution in [3.05, 3.63) is 95.1 Å². The molecule has 2 aliphatic heterocycles. The molecular weight excluding hydrogens is 508 g/mol. The van der Waals surface area contributed by atoms with E-state index in [-0.39, 0.29) is 11.3 Å². The highest BCUT2D eigenvalue weighted by atomic mass is 16.5. The number of rotatable bonds is 9. The van der Waals surface area contributed by atoms with Gasteiger partial charge in [-0.25, -0.2) is 0 Å². The molecule has 8 heteroatoms. The van der Waals surface area contributed by atoms with E-state index in [1.165, 1.54) is 0 Å². The zero-order valence-electron chi connectivity index (χ0n) is 22.8. The largest absolute Gasteiger partial charge is 0.507 e. The minimum absolute atomic E-state index is 0.0708. The maximum atomic E-state index is 13.5. The summed E-state index contributed by atoms with van der Waals surface area (Å²) in [5.41, 5.74) is 1.97. The van der Waals surface area contributed by atoms with Gasteiger partial charge in [-0.2, -0.15) is 0 Å². The van der Waals surface area contributed by atoms with Gasteiger partial charge in [0.05, 0.1) is 31.9 Å². The van der Waals surface area contributed by atoms with Crippen molar-refractivity contribution in [1.82, 2.24) is 9.80 Å². The number of aliphatic hydroxyl groups excluding tert-OH is 1. The summed E-state index contributed by atoms with van der Waals surface area (Å²) >= 11 is 0. The Morgan fingerprint density at radius 3 is 2.40 bits per heavy atom. The number of carbonyl (C=O) groups is 2. The Balaban J connectivity index is 1.51. The number of hydrogen-bond donors (Lipinski definition) is 1. The highest BCUT2D eigenvalue weighted by Gasteiger charge is 2.46. The van der Waals surface area contributed by atoms with Crippen LogP contribution in [0.4, 0.5) is 0 Å². The topological polar surface area (TPSA) is 88.5 Å². The molecular formula is C32H34N2O6. The van der Waals surface area contributed by atoms with Gasteiger partial charge in [-0.1, -0.05) is 30.3 Å². The smallest absolute Gasteiger partial charge is 0.295 e. The fourth-order valence-electron chi connectivity index (χ4n) is 5.29. The normalized spacial score (nSPS) is 19.1. The Bertz CT molecular complexity index is 1400. The van der Waals surface area contributed by atoms with Crippen molar-refractivity contribution in [2.75, 3.05) is 46.5 Å². The Morgan fingerprint density at radius 1 is 0.925 bits per heavy atom. The van der Waals surface area contributed by atoms with Gasteiger partial charge < -0.3 is 24.2 Å². The highest BCUT2D eigenvalue weighted by Crippen LogP contribution is 2.41. The standard InChI is InChI=1S/C32H34N2O6/c1-22-20-25(38-2)12-13-27(22)30(35)28-29(23-8-6-11-26(21-23)40-24-9-4-3-5-10-24)34(32(37)31(28)36)15-7-14-33-16-18-39-19-17-33/h3-6,8-13,20-21,29,35H,7,14-19H2,1-2H3/b30-28-. The predicted molar refractivity (Wildman–Crippen MR) is 152 cm³/mol. The lowest BCUT2D eigenvalue weighted by molar-refractivity contribution is -0.140. The first-order chi connectivity index (χ1) is 19.5. The van der Waals surface area contributed by atoms with Crippen molar-refractivity contribution in [2.24, 2.45) is 0 Å². The molecule has 2 fully saturated rings. The van der Waals surface area contributed by atoms with E-state index in [2.05, 4.69) is 4.90 Å². The first-order valence-corrected chi connectivity index (χ1v) is 13.5. The number of amides is 1. The number of morpholine rings is 1. The number of benzene rings is 3. The molecule has 0 aliphatic carbocycles. The summed E-state index contributed by atoms with van der Waals surface area (Å²) in [7, 11) is 1.57. The third-order valence-corrected chi connectivity index (χ3v) is 7.36. The van der Waals surface area contributed by atoms with Crippen LogP contribution in [0.2, 0.25) is 0 Å². The number of likely N-dealkylation sites (tertiary alicyclic amines) is 1. The fraction of sp³-hybridized carbons (Fsp3) is 0.312. The molecule has 2 heterocycles. The number of aryl methyl sites for hydroxylation is 1. The molecule has 40 heavy (non-hydrogen) atoms. The van der Waals surface area contributed by atoms with Gasteiger partial charge >= 0.3 is 0 Å². The van der Waals surface area contributed by atoms with Gasteiger partial charge in [0.15, 0.2) is 0 Å². The van der Waals surface area contributed by atoms with Gasteiger partial charge in [-0.05, 0) is 66.9 Å². The van der Waals surface area contributed by atoms with Crippen LogP contribution in [0.15, 0.2) is 78.4 Å². The van der Waals surface area contributed by atoms with Crippen molar-refractivity contribution in [3.8, 4) is 17.2 Å². The molecule has 5 rings (SSSR count). The van der Waals surface area contributed by atoms with Crippen LogP contribution in [-0.2, 0) is 14.3 Å². The van der Waals surface area contributed by atoms with Gasteiger partial charge in [0.1, 0.15) is 23.0 Å². The van der Waals surface area contributed by atoms with E-state index in [0.717, 1.165) is 25.2 Å². The molecule has 0 spiro atoms. The molecule has 3 aromatic carbocycles. The number of ether oxygens (including phenoxy) is 3. The SMILES string of the molecule is COc1ccc(/C(O)=C2/C(=O)C(=O)N(CCCN3CCOCC3)C2c2cccc(Oc3ccccc3)c2)c(C)c1. The van der Waals surface area contributed by atoms with Crippen LogP contribution in [0.5, 0.6) is 17.2 Å². The summed E-state index contributed by atoms with van der Waals surface area (Å²) < 4.78 is 16.8. The number of Topliss-reactive ketones (excluding diaryl/α,β-unsaturated/α-hetero) is 1. The van der Waals surface area contributed by atoms with Crippen LogP contribution in [-0.4, -0.2) is 73.1 Å². The van der Waals surface area contributed by atoms with Crippen molar-refractivity contribution in [3.63, 3.8) is 0 Å². The van der Waals surface area contributed by atoms with Crippen LogP contribution in [0.25, 0.3) is 5.76 Å². The van der Waals surface area contributed by atoms with E-state index in [9.17, 15) is 14.7 Å². The number of hydrogen-bond acceptors (Lipinski definition) is 7. The highest BCUT2D eigenvalue weighted by molar-refractivity contribution is 6.46. The average Bonchev–Trinajstić information content (AvgIpc) is 3.23. The molecule has 8 nitrogen and oxygen atoms in total. The molecule has 2 aliphatic rings. The summed E-state index contributed by atoms with van der Waals surface area (Å²) in [6.07, 6.45) is 0.686. The fourth-order valence-corrected chi connectivity index (χ4v) is 5.29. The van der Waals surface area contributed by atoms with Crippen molar-refractivity contribution < 1.29 is 28.9 Å². The van der Waals surface area contributed by atoms with Crippen LogP contribution >= 0.6 is 0 Å². The van der Waals surface area contributed by atoms with Gasteiger partial charge in [0.2, 0.25) is 0 Å². The molecule has 208 valence electrons. The summed E-state index contributed by atoms with van der Waals surface area (Å²) in [5.74, 6) is 0.373. The minimum Gasteiger partial charge on any atom is -0.507 e. The molecule has 0 aromatic heterocycles. The number of methoxy groups -OCH3 is 1. The Morgan fingerprint density at radius 2 is 1.68 bits per heavy atom. The Labute approximate surface area is 234 Å². The molecule has 0 radical (unpaired) electrons. The molecule has 1 amide bonds. The van der Waals surface area contributed by atoms with Crippen molar-refractivity contribution in [1.29, 1.82) is 0 Å². The number of para-hydroxylation sites is 1. The van der Waals surface area contributed by atoms with E-state index < -0.39 is 17.7 Å². The molecule has 1 atom stereocenters.